The molecule has 1 N–H and O–H groups in total. The third kappa shape index (κ3) is 2.41. The van der Waals surface area contributed by atoms with Gasteiger partial charge in [-0.15, -0.1) is 0 Å². The van der Waals surface area contributed by atoms with Crippen molar-refractivity contribution in [3.8, 4) is 0 Å². The highest BCUT2D eigenvalue weighted by atomic mass is 16.2. The van der Waals surface area contributed by atoms with E-state index in [1.165, 1.54) is 0 Å². The molecule has 0 bridgehead atoms. The van der Waals surface area contributed by atoms with Crippen LogP contribution in [0.5, 0.6) is 0 Å². The number of para-hydroxylation sites is 1. The molecule has 0 aliphatic carbocycles. The molecule has 0 radical (unpaired) electrons. The van der Waals surface area contributed by atoms with Crippen molar-refractivity contribution >= 4 is 23.4 Å². The first kappa shape index (κ1) is 17.0. The first-order valence-electron chi connectivity index (χ1n) is 9.18. The van der Waals surface area contributed by atoms with Gasteiger partial charge in [0.15, 0.2) is 0 Å². The Morgan fingerprint density at radius 2 is 2.08 bits per heavy atom. The lowest BCUT2D eigenvalue weighted by Crippen LogP contribution is -2.65. The lowest BCUT2D eigenvalue weighted by molar-refractivity contribution is -0.136. The maximum absolute atomic E-state index is 13.2. The van der Waals surface area contributed by atoms with Gasteiger partial charge in [0.2, 0.25) is 11.8 Å². The average molecular weight is 356 g/mol. The average Bonchev–Trinajstić information content (AvgIpc) is 2.95. The van der Waals surface area contributed by atoms with Crippen LogP contribution in [0.25, 0.3) is 0 Å². The molecule has 1 unspecified atom stereocenters. The zero-order valence-corrected chi connectivity index (χ0v) is 15.2. The molecule has 3 heterocycles. The molecule has 26 heavy (non-hydrogen) atoms. The van der Waals surface area contributed by atoms with E-state index >= 15 is 0 Å². The lowest BCUT2D eigenvalue weighted by Gasteiger charge is -2.49. The van der Waals surface area contributed by atoms with E-state index in [1.807, 2.05) is 30.9 Å². The van der Waals surface area contributed by atoms with Crippen molar-refractivity contribution in [3.05, 3.63) is 29.8 Å². The van der Waals surface area contributed by atoms with E-state index in [4.69, 9.17) is 0 Å². The molecule has 3 aliphatic rings. The van der Waals surface area contributed by atoms with Gasteiger partial charge >= 0.3 is 0 Å². The molecule has 3 amide bonds. The Balaban J connectivity index is 1.68. The number of amides is 3. The zero-order chi connectivity index (χ0) is 18.5. The summed E-state index contributed by atoms with van der Waals surface area (Å²) in [5.74, 6) is -0.238. The number of nitrogens with one attached hydrogen (secondary N) is 1. The third-order valence-electron chi connectivity index (χ3n) is 5.86. The van der Waals surface area contributed by atoms with Gasteiger partial charge in [-0.05, 0) is 32.4 Å². The van der Waals surface area contributed by atoms with Crippen molar-refractivity contribution in [2.75, 3.05) is 31.1 Å². The standard InChI is InChI=1S/C19H24N4O3/c1-13-11-20-9-10-21(13)17(25)12-22-18(26)14-5-3-4-6-15(14)23-16(24)7-8-19(22,23)2/h3-6,13,20H,7-12H2,1-2H3/t13-,19?/m0/s1. The van der Waals surface area contributed by atoms with Gasteiger partial charge in [0.05, 0.1) is 11.3 Å². The zero-order valence-electron chi connectivity index (χ0n) is 15.2. The van der Waals surface area contributed by atoms with E-state index in [-0.39, 0.29) is 30.3 Å². The van der Waals surface area contributed by atoms with Crippen LogP contribution >= 0.6 is 0 Å². The molecular formula is C19H24N4O3. The number of fused-ring (bicyclic) bond motifs is 3. The number of anilines is 1. The number of carbonyl (C=O) groups excluding carboxylic acids is 3. The van der Waals surface area contributed by atoms with Crippen LogP contribution in [-0.4, -0.2) is 65.4 Å². The van der Waals surface area contributed by atoms with Gasteiger partial charge in [0.1, 0.15) is 12.2 Å². The van der Waals surface area contributed by atoms with Crippen LogP contribution in [0, 0.1) is 0 Å². The highest BCUT2D eigenvalue weighted by Gasteiger charge is 2.53. The van der Waals surface area contributed by atoms with Crippen LogP contribution < -0.4 is 10.2 Å². The SMILES string of the molecule is C[C@H]1CNCCN1C(=O)CN1C(=O)c2ccccc2N2C(=O)CCC12C. The Hall–Kier alpha value is -2.41. The van der Waals surface area contributed by atoms with Crippen LogP contribution in [0.1, 0.15) is 37.0 Å². The highest BCUT2D eigenvalue weighted by Crippen LogP contribution is 2.43. The molecule has 2 fully saturated rings. The Morgan fingerprint density at radius 3 is 2.85 bits per heavy atom. The highest BCUT2D eigenvalue weighted by molar-refractivity contribution is 6.11. The number of hydrogen-bond donors (Lipinski definition) is 1. The van der Waals surface area contributed by atoms with Crippen molar-refractivity contribution in [3.63, 3.8) is 0 Å². The number of rotatable bonds is 2. The fourth-order valence-electron chi connectivity index (χ4n) is 4.38. The quantitative estimate of drug-likeness (QED) is 0.851. The lowest BCUT2D eigenvalue weighted by atomic mass is 9.98. The summed E-state index contributed by atoms with van der Waals surface area (Å²) >= 11 is 0. The summed E-state index contributed by atoms with van der Waals surface area (Å²) in [5, 5.41) is 3.27. The number of piperazine rings is 1. The molecule has 7 nitrogen and oxygen atoms in total. The summed E-state index contributed by atoms with van der Waals surface area (Å²) in [5.41, 5.74) is 0.359. The maximum Gasteiger partial charge on any atom is 0.258 e. The summed E-state index contributed by atoms with van der Waals surface area (Å²) in [4.78, 5) is 43.8. The van der Waals surface area contributed by atoms with Gasteiger partial charge < -0.3 is 15.1 Å². The number of nitrogens with zero attached hydrogens (tertiary/aromatic N) is 3. The molecule has 0 aromatic heterocycles. The second kappa shape index (κ2) is 6.09. The van der Waals surface area contributed by atoms with Crippen LogP contribution in [-0.2, 0) is 9.59 Å². The monoisotopic (exact) mass is 356 g/mol. The van der Waals surface area contributed by atoms with E-state index in [0.717, 1.165) is 13.1 Å². The first-order chi connectivity index (χ1) is 12.4. The molecule has 4 rings (SSSR count). The van der Waals surface area contributed by atoms with E-state index in [9.17, 15) is 14.4 Å². The molecule has 1 aromatic rings. The smallest absolute Gasteiger partial charge is 0.258 e. The van der Waals surface area contributed by atoms with E-state index in [1.54, 1.807) is 21.9 Å². The molecule has 0 spiro atoms. The predicted octanol–water partition coefficient (Wildman–Crippen LogP) is 0.806. The van der Waals surface area contributed by atoms with Gasteiger partial charge in [-0.1, -0.05) is 12.1 Å². The van der Waals surface area contributed by atoms with Crippen molar-refractivity contribution in [2.45, 2.75) is 38.4 Å². The van der Waals surface area contributed by atoms with Crippen LogP contribution in [0.3, 0.4) is 0 Å². The van der Waals surface area contributed by atoms with Gasteiger partial charge in [0.25, 0.3) is 5.91 Å². The Kier molecular flexibility index (Phi) is 3.99. The fraction of sp³-hybridized carbons (Fsp3) is 0.526. The predicted molar refractivity (Wildman–Crippen MR) is 96.6 cm³/mol. The Morgan fingerprint density at radius 1 is 1.31 bits per heavy atom. The maximum atomic E-state index is 13.2. The van der Waals surface area contributed by atoms with Gasteiger partial charge in [-0.2, -0.15) is 0 Å². The molecule has 0 saturated carbocycles. The van der Waals surface area contributed by atoms with Gasteiger partial charge in [-0.3, -0.25) is 19.3 Å². The first-order valence-corrected chi connectivity index (χ1v) is 9.18. The Bertz CT molecular complexity index is 780. The summed E-state index contributed by atoms with van der Waals surface area (Å²) in [6, 6.07) is 7.26. The van der Waals surface area contributed by atoms with Crippen molar-refractivity contribution < 1.29 is 14.4 Å². The molecule has 3 aliphatic heterocycles. The molecule has 138 valence electrons. The summed E-state index contributed by atoms with van der Waals surface area (Å²) < 4.78 is 0. The molecule has 2 atom stereocenters. The largest absolute Gasteiger partial charge is 0.336 e. The van der Waals surface area contributed by atoms with E-state index in [0.29, 0.717) is 30.6 Å². The van der Waals surface area contributed by atoms with Crippen LogP contribution in [0.15, 0.2) is 24.3 Å². The molecular weight excluding hydrogens is 332 g/mol. The number of hydrogen-bond acceptors (Lipinski definition) is 4. The van der Waals surface area contributed by atoms with Gasteiger partial charge in [0, 0.05) is 32.1 Å². The van der Waals surface area contributed by atoms with Crippen LogP contribution in [0.2, 0.25) is 0 Å². The van der Waals surface area contributed by atoms with Crippen molar-refractivity contribution in [1.29, 1.82) is 0 Å². The molecule has 1 aromatic carbocycles. The Labute approximate surface area is 152 Å². The topological polar surface area (TPSA) is 73.0 Å². The molecule has 2 saturated heterocycles. The fourth-order valence-corrected chi connectivity index (χ4v) is 4.38. The number of benzene rings is 1. The minimum Gasteiger partial charge on any atom is -0.336 e. The summed E-state index contributed by atoms with van der Waals surface area (Å²) in [7, 11) is 0. The van der Waals surface area contributed by atoms with E-state index in [2.05, 4.69) is 5.32 Å². The second-order valence-corrected chi connectivity index (χ2v) is 7.49. The second-order valence-electron chi connectivity index (χ2n) is 7.49. The third-order valence-corrected chi connectivity index (χ3v) is 5.86. The summed E-state index contributed by atoms with van der Waals surface area (Å²) in [6.45, 7) is 6.04. The van der Waals surface area contributed by atoms with E-state index < -0.39 is 5.66 Å². The van der Waals surface area contributed by atoms with Crippen molar-refractivity contribution in [2.24, 2.45) is 0 Å². The molecule has 7 heteroatoms. The number of carbonyl (C=O) groups is 3. The normalized spacial score (nSPS) is 28.2. The minimum atomic E-state index is -0.782. The summed E-state index contributed by atoms with van der Waals surface area (Å²) in [6.07, 6.45) is 0.920. The van der Waals surface area contributed by atoms with Crippen LogP contribution in [0.4, 0.5) is 5.69 Å². The van der Waals surface area contributed by atoms with Crippen molar-refractivity contribution in [1.82, 2.24) is 15.1 Å². The van der Waals surface area contributed by atoms with Gasteiger partial charge in [-0.25, -0.2) is 0 Å². The minimum absolute atomic E-state index is 0.000407.